The summed E-state index contributed by atoms with van der Waals surface area (Å²) in [7, 11) is 0. The van der Waals surface area contributed by atoms with E-state index in [1.165, 1.54) is 48.5 Å². The van der Waals surface area contributed by atoms with Gasteiger partial charge in [-0.1, -0.05) is 0 Å². The van der Waals surface area contributed by atoms with Crippen molar-refractivity contribution in [2.75, 3.05) is 36.0 Å². The normalized spacial score (nSPS) is 22.9. The number of piperazine rings is 1. The maximum Gasteiger partial charge on any atom is 0.335 e. The molecule has 0 spiro atoms. The molecule has 12 nitrogen and oxygen atoms in total. The third kappa shape index (κ3) is 4.44. The Morgan fingerprint density at radius 1 is 0.579 bits per heavy atom. The van der Waals surface area contributed by atoms with E-state index in [9.17, 15) is 28.8 Å². The van der Waals surface area contributed by atoms with Crippen LogP contribution in [-0.4, -0.2) is 93.8 Å². The quantitative estimate of drug-likeness (QED) is 0.519. The van der Waals surface area contributed by atoms with Gasteiger partial charge in [0.25, 0.3) is 11.8 Å². The summed E-state index contributed by atoms with van der Waals surface area (Å²) in [6.07, 6.45) is 0.000945. The maximum atomic E-state index is 13.1. The highest BCUT2D eigenvalue weighted by molar-refractivity contribution is 6.23. The van der Waals surface area contributed by atoms with E-state index in [0.717, 1.165) is 9.80 Å². The average molecular weight is 520 g/mol. The Kier molecular flexibility index (Phi) is 6.51. The molecule has 12 heteroatoms. The number of anilines is 2. The van der Waals surface area contributed by atoms with Gasteiger partial charge in [-0.25, -0.2) is 19.4 Å². The Morgan fingerprint density at radius 2 is 0.895 bits per heavy atom. The molecule has 38 heavy (non-hydrogen) atoms. The molecule has 2 aromatic rings. The van der Waals surface area contributed by atoms with Crippen LogP contribution in [0, 0.1) is 0 Å². The molecule has 0 saturated carbocycles. The summed E-state index contributed by atoms with van der Waals surface area (Å²) in [5.74, 6) is -3.71. The predicted molar refractivity (Wildman–Crippen MR) is 132 cm³/mol. The second-order valence-corrected chi connectivity index (χ2v) is 9.35. The molecule has 2 atom stereocenters. The van der Waals surface area contributed by atoms with Crippen molar-refractivity contribution in [3.05, 3.63) is 59.7 Å². The lowest BCUT2D eigenvalue weighted by molar-refractivity contribution is -0.126. The van der Waals surface area contributed by atoms with Gasteiger partial charge in [0.15, 0.2) is 0 Å². The average Bonchev–Trinajstić information content (AvgIpc) is 3.37. The number of benzene rings is 2. The van der Waals surface area contributed by atoms with Crippen molar-refractivity contribution in [2.45, 2.75) is 24.9 Å². The molecule has 2 aromatic carbocycles. The van der Waals surface area contributed by atoms with Crippen LogP contribution in [0.3, 0.4) is 0 Å². The second-order valence-electron chi connectivity index (χ2n) is 9.35. The van der Waals surface area contributed by atoms with Crippen LogP contribution in [0.5, 0.6) is 0 Å². The van der Waals surface area contributed by atoms with Gasteiger partial charge >= 0.3 is 11.9 Å². The minimum atomic E-state index is -1.10. The molecular weight excluding hydrogens is 496 g/mol. The van der Waals surface area contributed by atoms with E-state index in [1.54, 1.807) is 0 Å². The smallest absolute Gasteiger partial charge is 0.335 e. The summed E-state index contributed by atoms with van der Waals surface area (Å²) in [5.41, 5.74) is 0.739. The minimum absolute atomic E-state index is 0.000473. The van der Waals surface area contributed by atoms with Crippen LogP contribution >= 0.6 is 0 Å². The zero-order chi connectivity index (χ0) is 27.1. The van der Waals surface area contributed by atoms with Crippen LogP contribution in [0.2, 0.25) is 0 Å². The summed E-state index contributed by atoms with van der Waals surface area (Å²) in [5, 5.41) is 18.1. The first-order chi connectivity index (χ1) is 18.2. The molecule has 0 unspecified atom stereocenters. The number of hydrogen-bond donors (Lipinski definition) is 2. The number of carbonyl (C=O) groups is 6. The number of amides is 4. The van der Waals surface area contributed by atoms with Crippen molar-refractivity contribution in [3.63, 3.8) is 0 Å². The largest absolute Gasteiger partial charge is 0.478 e. The van der Waals surface area contributed by atoms with E-state index < -0.39 is 24.0 Å². The van der Waals surface area contributed by atoms with Gasteiger partial charge in [-0.2, -0.15) is 0 Å². The van der Waals surface area contributed by atoms with E-state index in [1.807, 2.05) is 9.80 Å². The number of carboxylic acid groups (broad SMARTS) is 2. The van der Waals surface area contributed by atoms with Crippen molar-refractivity contribution >= 4 is 46.9 Å². The highest BCUT2D eigenvalue weighted by Crippen LogP contribution is 2.29. The lowest BCUT2D eigenvalue weighted by Gasteiger charge is -2.38. The van der Waals surface area contributed by atoms with Gasteiger partial charge in [-0.15, -0.1) is 0 Å². The molecule has 3 aliphatic rings. The molecule has 3 saturated heterocycles. The zero-order valence-corrected chi connectivity index (χ0v) is 20.1. The Morgan fingerprint density at radius 3 is 1.18 bits per heavy atom. The molecule has 3 fully saturated rings. The fraction of sp³-hybridized carbons (Fsp3) is 0.308. The van der Waals surface area contributed by atoms with Crippen LogP contribution in [0.25, 0.3) is 0 Å². The van der Waals surface area contributed by atoms with Gasteiger partial charge in [0.1, 0.15) is 0 Å². The van der Waals surface area contributed by atoms with Gasteiger partial charge in [-0.05, 0) is 48.5 Å². The number of carboxylic acids is 2. The Bertz CT molecular complexity index is 1230. The third-order valence-electron chi connectivity index (χ3n) is 7.22. The fourth-order valence-electron chi connectivity index (χ4n) is 5.21. The summed E-state index contributed by atoms with van der Waals surface area (Å²) in [6.45, 7) is 1.67. The summed E-state index contributed by atoms with van der Waals surface area (Å²) in [4.78, 5) is 79.7. The number of carbonyl (C=O) groups excluding carboxylic acids is 4. The molecule has 196 valence electrons. The van der Waals surface area contributed by atoms with Crippen molar-refractivity contribution < 1.29 is 39.0 Å². The summed E-state index contributed by atoms with van der Waals surface area (Å²) < 4.78 is 0. The molecule has 0 bridgehead atoms. The number of imide groups is 2. The molecule has 4 amide bonds. The number of rotatable bonds is 6. The first-order valence-electron chi connectivity index (χ1n) is 12.0. The Hall–Kier alpha value is -4.42. The first kappa shape index (κ1) is 25.2. The third-order valence-corrected chi connectivity index (χ3v) is 7.22. The minimum Gasteiger partial charge on any atom is -0.478 e. The van der Waals surface area contributed by atoms with Gasteiger partial charge in [0.2, 0.25) is 11.8 Å². The number of nitrogens with zero attached hydrogens (tertiary/aromatic N) is 4. The highest BCUT2D eigenvalue weighted by Gasteiger charge is 2.46. The van der Waals surface area contributed by atoms with E-state index in [0.29, 0.717) is 37.6 Å². The Balaban J connectivity index is 1.22. The van der Waals surface area contributed by atoms with Crippen LogP contribution < -0.4 is 9.80 Å². The topological polar surface area (TPSA) is 156 Å². The van der Waals surface area contributed by atoms with Crippen molar-refractivity contribution in [3.8, 4) is 0 Å². The molecule has 5 rings (SSSR count). The molecule has 3 aliphatic heterocycles. The van der Waals surface area contributed by atoms with Crippen LogP contribution in [0.15, 0.2) is 48.5 Å². The van der Waals surface area contributed by atoms with Gasteiger partial charge in [0.05, 0.1) is 47.4 Å². The predicted octanol–water partition coefficient (Wildman–Crippen LogP) is 0.665. The SMILES string of the molecule is O=C(O)c1ccc(N2C(=O)C[C@@H](N3CCN([C@@H]4CC(=O)N(c5ccc(C(=O)O)cc5)C4=O)CC3)C2=O)cc1. The van der Waals surface area contributed by atoms with E-state index >= 15 is 0 Å². The lowest BCUT2D eigenvalue weighted by Crippen LogP contribution is -2.56. The fourth-order valence-corrected chi connectivity index (χ4v) is 5.21. The molecule has 0 aromatic heterocycles. The van der Waals surface area contributed by atoms with Crippen molar-refractivity contribution in [1.82, 2.24) is 9.80 Å². The van der Waals surface area contributed by atoms with Gasteiger partial charge in [-0.3, -0.25) is 29.0 Å². The summed E-state index contributed by atoms with van der Waals surface area (Å²) >= 11 is 0. The molecule has 0 radical (unpaired) electrons. The number of aromatic carboxylic acids is 2. The van der Waals surface area contributed by atoms with Crippen LogP contribution in [0.1, 0.15) is 33.6 Å². The van der Waals surface area contributed by atoms with Crippen molar-refractivity contribution in [2.24, 2.45) is 0 Å². The monoisotopic (exact) mass is 520 g/mol. The molecule has 3 heterocycles. The maximum absolute atomic E-state index is 13.1. The molecule has 0 aliphatic carbocycles. The first-order valence-corrected chi connectivity index (χ1v) is 12.0. The highest BCUT2D eigenvalue weighted by atomic mass is 16.4. The van der Waals surface area contributed by atoms with E-state index in [4.69, 9.17) is 10.2 Å². The van der Waals surface area contributed by atoms with Gasteiger partial charge < -0.3 is 10.2 Å². The Labute approximate surface area is 216 Å². The van der Waals surface area contributed by atoms with E-state index in [2.05, 4.69) is 0 Å². The van der Waals surface area contributed by atoms with Crippen LogP contribution in [0.4, 0.5) is 11.4 Å². The standard InChI is InChI=1S/C26H24N4O8/c31-21-13-19(23(33)29(21)17-5-1-15(2-6-17)25(35)36)27-9-11-28(12-10-27)20-14-22(32)30(24(20)34)18-7-3-16(4-8-18)26(37)38/h1-8,19-20H,9-14H2,(H,35,36)(H,37,38)/t19-,20-/m1/s1. The molecule has 2 N–H and O–H groups in total. The van der Waals surface area contributed by atoms with Gasteiger partial charge in [0, 0.05) is 26.2 Å². The van der Waals surface area contributed by atoms with E-state index in [-0.39, 0.29) is 47.6 Å². The lowest BCUT2D eigenvalue weighted by atomic mass is 10.1. The van der Waals surface area contributed by atoms with Crippen LogP contribution in [-0.2, 0) is 19.2 Å². The summed E-state index contributed by atoms with van der Waals surface area (Å²) in [6, 6.07) is 9.78. The number of hydrogen-bond acceptors (Lipinski definition) is 8. The van der Waals surface area contributed by atoms with Crippen molar-refractivity contribution in [1.29, 1.82) is 0 Å². The molecular formula is C26H24N4O8. The second kappa shape index (κ2) is 9.80. The zero-order valence-electron chi connectivity index (χ0n) is 20.1.